The maximum atomic E-state index is 12.9. The largest absolute Gasteiger partial charge is 0.480 e. The van der Waals surface area contributed by atoms with E-state index in [0.29, 0.717) is 0 Å². The van der Waals surface area contributed by atoms with Crippen LogP contribution in [0.4, 0.5) is 9.59 Å². The summed E-state index contributed by atoms with van der Waals surface area (Å²) in [5, 5.41) is 14.3. The maximum absolute atomic E-state index is 12.9. The molecule has 5 N–H and O–H groups in total. The summed E-state index contributed by atoms with van der Waals surface area (Å²) in [6, 6.07) is -1.35. The summed E-state index contributed by atoms with van der Waals surface area (Å²) >= 11 is 0. The quantitative estimate of drug-likeness (QED) is 0.229. The fourth-order valence-corrected chi connectivity index (χ4v) is 2.73. The SMILES string of the molecule is CC(C)(C)OC(=O)NCCN(CCN=C(N)OC(C)(C)C)C(=O)CC[C@H](NC(=O)OC(C)(C)C)C(=O)O. The van der Waals surface area contributed by atoms with Gasteiger partial charge >= 0.3 is 18.2 Å². The number of amides is 3. The molecule has 3 amide bonds. The lowest BCUT2D eigenvalue weighted by atomic mass is 10.1. The van der Waals surface area contributed by atoms with Crippen molar-refractivity contribution >= 4 is 30.1 Å². The number of amidine groups is 1. The average Bonchev–Trinajstić information content (AvgIpc) is 2.65. The second-order valence-corrected chi connectivity index (χ2v) is 11.3. The van der Waals surface area contributed by atoms with Gasteiger partial charge in [0.2, 0.25) is 5.91 Å². The lowest BCUT2D eigenvalue weighted by molar-refractivity contribution is -0.140. The Morgan fingerprint density at radius 2 is 1.38 bits per heavy atom. The van der Waals surface area contributed by atoms with Crippen LogP contribution in [0, 0.1) is 0 Å². The van der Waals surface area contributed by atoms with Gasteiger partial charge in [0.15, 0.2) is 0 Å². The van der Waals surface area contributed by atoms with Crippen molar-refractivity contribution in [2.45, 2.75) is 98.0 Å². The zero-order valence-electron chi connectivity index (χ0n) is 23.6. The average molecular weight is 532 g/mol. The summed E-state index contributed by atoms with van der Waals surface area (Å²) in [6.45, 7) is 16.1. The number of carboxylic acids is 1. The highest BCUT2D eigenvalue weighted by molar-refractivity contribution is 5.82. The number of hydrogen-bond donors (Lipinski definition) is 4. The highest BCUT2D eigenvalue weighted by Gasteiger charge is 2.26. The molecule has 0 aliphatic carbocycles. The number of rotatable bonds is 11. The summed E-state index contributed by atoms with van der Waals surface area (Å²) in [4.78, 5) is 54.0. The van der Waals surface area contributed by atoms with E-state index in [1.165, 1.54) is 4.90 Å². The molecule has 0 aromatic carbocycles. The fraction of sp³-hybridized carbons (Fsp3) is 0.792. The van der Waals surface area contributed by atoms with Crippen molar-refractivity contribution in [3.8, 4) is 0 Å². The van der Waals surface area contributed by atoms with Gasteiger partial charge in [0, 0.05) is 26.1 Å². The van der Waals surface area contributed by atoms with Crippen LogP contribution >= 0.6 is 0 Å². The minimum absolute atomic E-state index is 0.0284. The van der Waals surface area contributed by atoms with Gasteiger partial charge in [0.25, 0.3) is 6.02 Å². The summed E-state index contributed by atoms with van der Waals surface area (Å²) in [6.07, 6.45) is -1.87. The van der Waals surface area contributed by atoms with Crippen molar-refractivity contribution in [3.05, 3.63) is 0 Å². The van der Waals surface area contributed by atoms with Gasteiger partial charge in [-0.1, -0.05) is 0 Å². The predicted molar refractivity (Wildman–Crippen MR) is 138 cm³/mol. The molecule has 0 aliphatic heterocycles. The lowest BCUT2D eigenvalue weighted by Gasteiger charge is -2.25. The van der Waals surface area contributed by atoms with Crippen molar-refractivity contribution in [2.75, 3.05) is 26.2 Å². The zero-order valence-corrected chi connectivity index (χ0v) is 23.6. The molecule has 37 heavy (non-hydrogen) atoms. The minimum atomic E-state index is -1.32. The van der Waals surface area contributed by atoms with E-state index in [2.05, 4.69) is 15.6 Å². The normalized spacial score (nSPS) is 13.3. The molecule has 1 atom stereocenters. The first-order valence-corrected chi connectivity index (χ1v) is 12.1. The molecule has 0 spiro atoms. The highest BCUT2D eigenvalue weighted by Crippen LogP contribution is 2.10. The molecule has 0 rings (SSSR count). The number of carbonyl (C=O) groups is 4. The standard InChI is InChI=1S/C24H45N5O8/c1-22(2,3)35-19(25)26-12-14-29(15-13-27-20(33)36-23(4,5)6)17(30)11-10-16(18(31)32)28-21(34)37-24(7,8)9/h16H,10-15H2,1-9H3,(H2,25,26)(H,27,33)(H,28,34)(H,31,32)/t16-/m0/s1. The third-order valence-electron chi connectivity index (χ3n) is 4.09. The Hall–Kier alpha value is -3.25. The first kappa shape index (κ1) is 33.8. The number of nitrogens with two attached hydrogens (primary N) is 1. The van der Waals surface area contributed by atoms with E-state index < -0.39 is 46.9 Å². The minimum Gasteiger partial charge on any atom is -0.480 e. The molecule has 0 saturated carbocycles. The molecule has 0 fully saturated rings. The molecule has 0 radical (unpaired) electrons. The van der Waals surface area contributed by atoms with E-state index in [-0.39, 0.29) is 45.0 Å². The van der Waals surface area contributed by atoms with Gasteiger partial charge in [0.05, 0.1) is 6.54 Å². The monoisotopic (exact) mass is 531 g/mol. The van der Waals surface area contributed by atoms with Crippen LogP contribution in [0.1, 0.15) is 75.2 Å². The number of carbonyl (C=O) groups excluding carboxylic acids is 3. The number of ether oxygens (including phenoxy) is 3. The van der Waals surface area contributed by atoms with Crippen molar-refractivity contribution in [1.82, 2.24) is 15.5 Å². The maximum Gasteiger partial charge on any atom is 0.408 e. The number of alkyl carbamates (subject to hydrolysis) is 2. The Kier molecular flexibility index (Phi) is 13.2. The molecule has 13 heteroatoms. The summed E-state index contributed by atoms with van der Waals surface area (Å²) in [7, 11) is 0. The van der Waals surface area contributed by atoms with E-state index in [1.54, 1.807) is 41.5 Å². The molecule has 0 aromatic heterocycles. The van der Waals surface area contributed by atoms with Crippen molar-refractivity contribution < 1.29 is 38.5 Å². The number of aliphatic carboxylic acids is 1. The van der Waals surface area contributed by atoms with Crippen LogP contribution < -0.4 is 16.4 Å². The molecule has 0 aromatic rings. The number of nitrogens with zero attached hydrogens (tertiary/aromatic N) is 2. The Bertz CT molecular complexity index is 809. The Labute approximate surface area is 219 Å². The Morgan fingerprint density at radius 1 is 0.865 bits per heavy atom. The van der Waals surface area contributed by atoms with Crippen LogP contribution in [0.5, 0.6) is 0 Å². The van der Waals surface area contributed by atoms with Gasteiger partial charge in [-0.15, -0.1) is 0 Å². The van der Waals surface area contributed by atoms with Crippen LogP contribution in [-0.2, 0) is 23.8 Å². The van der Waals surface area contributed by atoms with Gasteiger partial charge in [0.1, 0.15) is 22.8 Å². The summed E-state index contributed by atoms with van der Waals surface area (Å²) < 4.78 is 15.7. The summed E-state index contributed by atoms with van der Waals surface area (Å²) in [5.74, 6) is -1.69. The first-order chi connectivity index (χ1) is 16.7. The fourth-order valence-electron chi connectivity index (χ4n) is 2.73. The second-order valence-electron chi connectivity index (χ2n) is 11.3. The van der Waals surface area contributed by atoms with Crippen molar-refractivity contribution in [2.24, 2.45) is 10.7 Å². The van der Waals surface area contributed by atoms with Crippen LogP contribution in [0.3, 0.4) is 0 Å². The van der Waals surface area contributed by atoms with Gasteiger partial charge in [-0.05, 0) is 68.7 Å². The molecule has 0 bridgehead atoms. The van der Waals surface area contributed by atoms with Crippen molar-refractivity contribution in [3.63, 3.8) is 0 Å². The Morgan fingerprint density at radius 3 is 1.86 bits per heavy atom. The summed E-state index contributed by atoms with van der Waals surface area (Å²) in [5.41, 5.74) is 3.76. The van der Waals surface area contributed by atoms with Crippen LogP contribution in [0.15, 0.2) is 4.99 Å². The molecule has 13 nitrogen and oxygen atoms in total. The molecule has 214 valence electrons. The van der Waals surface area contributed by atoms with E-state index in [4.69, 9.17) is 19.9 Å². The van der Waals surface area contributed by atoms with Gasteiger partial charge < -0.3 is 40.6 Å². The van der Waals surface area contributed by atoms with E-state index >= 15 is 0 Å². The Balaban J connectivity index is 5.20. The number of carboxylic acid groups (broad SMARTS) is 1. The molecular formula is C24H45N5O8. The molecular weight excluding hydrogens is 486 g/mol. The van der Waals surface area contributed by atoms with Crippen LogP contribution in [0.25, 0.3) is 0 Å². The number of nitrogens with one attached hydrogen (secondary N) is 2. The van der Waals surface area contributed by atoms with E-state index in [9.17, 15) is 24.3 Å². The van der Waals surface area contributed by atoms with E-state index in [1.807, 2.05) is 20.8 Å². The lowest BCUT2D eigenvalue weighted by Crippen LogP contribution is -2.45. The van der Waals surface area contributed by atoms with E-state index in [0.717, 1.165) is 0 Å². The second kappa shape index (κ2) is 14.5. The number of aliphatic imine (C=N–C) groups is 1. The highest BCUT2D eigenvalue weighted by atomic mass is 16.6. The topological polar surface area (TPSA) is 182 Å². The third kappa shape index (κ3) is 18.6. The van der Waals surface area contributed by atoms with Gasteiger partial charge in [-0.2, -0.15) is 0 Å². The van der Waals surface area contributed by atoms with Crippen LogP contribution in [0.2, 0.25) is 0 Å². The molecule has 0 unspecified atom stereocenters. The predicted octanol–water partition coefficient (Wildman–Crippen LogP) is 2.23. The molecule has 0 heterocycles. The van der Waals surface area contributed by atoms with Gasteiger partial charge in [-0.25, -0.2) is 19.4 Å². The first-order valence-electron chi connectivity index (χ1n) is 12.1. The smallest absolute Gasteiger partial charge is 0.408 e. The zero-order chi connectivity index (χ0) is 29.0. The number of hydrogen-bond acceptors (Lipinski definition) is 8. The third-order valence-corrected chi connectivity index (χ3v) is 4.09. The van der Waals surface area contributed by atoms with Gasteiger partial charge in [-0.3, -0.25) is 4.79 Å². The van der Waals surface area contributed by atoms with Crippen LogP contribution in [-0.4, -0.2) is 89.1 Å². The van der Waals surface area contributed by atoms with Crippen molar-refractivity contribution in [1.29, 1.82) is 0 Å². The molecule has 0 aliphatic rings. The molecule has 0 saturated heterocycles.